The minimum atomic E-state index is -2.36. The third-order valence-electron chi connectivity index (χ3n) is 43.1. The Morgan fingerprint density at radius 2 is 0.517 bits per heavy atom. The van der Waals surface area contributed by atoms with E-state index in [1.54, 1.807) is 6.92 Å². The quantitative estimate of drug-likeness (QED) is 0.217. The zero-order valence-corrected chi connectivity index (χ0v) is 106. The number of likely N-dealkylation sites (tertiary alicyclic amines) is 9. The fourth-order valence-corrected chi connectivity index (χ4v) is 31.5. The van der Waals surface area contributed by atoms with Crippen LogP contribution in [0.5, 0.6) is 0 Å². The van der Waals surface area contributed by atoms with Gasteiger partial charge in [0.25, 0.3) is 5.92 Å². The van der Waals surface area contributed by atoms with Gasteiger partial charge in [-0.05, 0) is 560 Å². The maximum absolute atomic E-state index is 13.4. The Balaban J connectivity index is 0.000000135. The standard InChI is InChI=1S/C12H23N.C11H19F2N.2C11H21N.C10H17F2N.C10H18FN.4C10H19N.2C9H17N.C8H17N/c1-11(2,3)13-9-8-12(10-13)6-4-5-7-12;1-9(2,3)14-6-4-10(5-7-14)8-11(10,12)13;1-11(2,3)12-8-9-4-6-10(12)7-5-9;1-10(2,3)12-8-6-11(4-5-11)7-9-12;1-8(2,3)13-6-9(7-13)4-10(11,12)5-9;1-9(2,3)12-5-7-8(6-12)10(7,4)11;1-10(2,3)11-6-8-4-9(5-8)7-11;1-10(2,3)11-7-8-4-5-9(11)6-8;1-9(2,3)11-7-6-10(8-11)4-5-10;1-10(2,3)11-8-4-5-9(11)7-6-8;1-9(2,3)10-5-7-4-8(7)6-10;1-9(2,3)10-6-7-4-8(10)5-7;1-7-5-9(6-7)8(2,3)4/h4-10H2,1-3H3;4-8H2,1-3H3;9-10H,4-8H2,1-3H3;4-9H2,1-3H3;4-7H2,1-3H3;7-8H,5-6H2,1-4H3;2*8-9H,4-7H2,1-3H3;4-8H2,1-3H3;8-9H,4-7H2,1-3H3;2*7-8H,4-6H2,1-3H3;7H,5-6H2,1-4H3. The largest absolute Gasteiger partial charge is 0.298 e. The molecular formula is C131H246F5N13. The van der Waals surface area contributed by atoms with Gasteiger partial charge in [-0.2, -0.15) is 0 Å². The minimum absolute atomic E-state index is 0.0171. The van der Waals surface area contributed by atoms with Gasteiger partial charge in [-0.1, -0.05) is 19.8 Å². The Bertz CT molecular complexity index is 4040. The van der Waals surface area contributed by atoms with E-state index in [4.69, 9.17) is 0 Å². The molecule has 6 atom stereocenters. The van der Waals surface area contributed by atoms with Crippen LogP contribution in [-0.2, 0) is 0 Å². The summed E-state index contributed by atoms with van der Waals surface area (Å²) in [5, 5.41) is 0. The first-order valence-corrected chi connectivity index (χ1v) is 63.1. The first-order valence-electron chi connectivity index (χ1n) is 63.1. The highest BCUT2D eigenvalue weighted by molar-refractivity contribution is 5.18. The summed E-state index contributed by atoms with van der Waals surface area (Å²) in [5.41, 5.74) is 5.55. The second-order valence-electron chi connectivity index (χ2n) is 68.8. The molecule has 149 heavy (non-hydrogen) atoms. The summed E-state index contributed by atoms with van der Waals surface area (Å²) >= 11 is 0. The lowest BCUT2D eigenvalue weighted by Gasteiger charge is -2.62. The second kappa shape index (κ2) is 45.4. The third-order valence-corrected chi connectivity index (χ3v) is 43.1. The summed E-state index contributed by atoms with van der Waals surface area (Å²) in [4.78, 5) is 33.5. The highest BCUT2D eigenvalue weighted by Gasteiger charge is 2.71. The number of fused-ring (bicyclic) bond motifs is 12. The lowest BCUT2D eigenvalue weighted by Crippen LogP contribution is -2.69. The highest BCUT2D eigenvalue weighted by atomic mass is 19.3. The first kappa shape index (κ1) is 125. The van der Waals surface area contributed by atoms with E-state index in [-0.39, 0.29) is 41.3 Å². The molecular weight excluding hydrogens is 1850 g/mol. The van der Waals surface area contributed by atoms with Gasteiger partial charge in [0.05, 0.1) is 0 Å². The molecule has 17 aliphatic heterocycles. The van der Waals surface area contributed by atoms with Crippen molar-refractivity contribution in [3.63, 3.8) is 0 Å². The Hall–Kier alpha value is -0.870. The van der Waals surface area contributed by atoms with E-state index in [1.807, 2.05) is 0 Å². The van der Waals surface area contributed by atoms with Gasteiger partial charge in [-0.3, -0.25) is 63.7 Å². The number of rotatable bonds is 0. The number of nitrogens with zero attached hydrogens (tertiary/aromatic N) is 13. The van der Waals surface area contributed by atoms with E-state index in [0.29, 0.717) is 80.1 Å². The van der Waals surface area contributed by atoms with Crippen molar-refractivity contribution in [1.29, 1.82) is 0 Å². The van der Waals surface area contributed by atoms with Crippen molar-refractivity contribution in [3.05, 3.63) is 0 Å². The predicted molar refractivity (Wildman–Crippen MR) is 626 cm³/mol. The van der Waals surface area contributed by atoms with E-state index < -0.39 is 22.9 Å². The molecule has 0 aromatic rings. The van der Waals surface area contributed by atoms with E-state index >= 15 is 0 Å². The summed E-state index contributed by atoms with van der Waals surface area (Å²) in [6.07, 6.45) is 43.3. The fourth-order valence-electron chi connectivity index (χ4n) is 31.5. The molecule has 28 aliphatic rings. The van der Waals surface area contributed by atoms with Crippen LogP contribution in [0.2, 0.25) is 0 Å². The molecule has 17 heterocycles. The molecule has 17 saturated heterocycles. The van der Waals surface area contributed by atoms with Crippen LogP contribution in [0.25, 0.3) is 0 Å². The van der Waals surface area contributed by atoms with Crippen molar-refractivity contribution in [3.8, 4) is 0 Å². The smallest absolute Gasteiger partial charge is 0.254 e. The van der Waals surface area contributed by atoms with Gasteiger partial charge < -0.3 is 0 Å². The van der Waals surface area contributed by atoms with Crippen molar-refractivity contribution < 1.29 is 22.0 Å². The van der Waals surface area contributed by atoms with Gasteiger partial charge in [0.15, 0.2) is 0 Å². The van der Waals surface area contributed by atoms with Gasteiger partial charge in [0.2, 0.25) is 5.92 Å². The molecule has 5 spiro atoms. The Kier molecular flexibility index (Phi) is 38.1. The van der Waals surface area contributed by atoms with E-state index in [2.05, 4.69) is 341 Å². The maximum Gasteiger partial charge on any atom is 0.254 e. The molecule has 18 heteroatoms. The summed E-state index contributed by atoms with van der Waals surface area (Å²) in [5.74, 6) is 4.27. The fraction of sp³-hybridized carbons (Fsp3) is 1.00. The van der Waals surface area contributed by atoms with Crippen LogP contribution in [0.1, 0.15) is 496 Å². The number of halogens is 5. The van der Waals surface area contributed by atoms with Crippen LogP contribution in [0.3, 0.4) is 0 Å². The van der Waals surface area contributed by atoms with Gasteiger partial charge in [0.1, 0.15) is 5.67 Å². The van der Waals surface area contributed by atoms with Crippen molar-refractivity contribution in [2.24, 2.45) is 86.3 Å². The SMILES string of the molecule is CC(C)(C)N1C2CCC1CC2.CC(C)(C)N1CC2(C1)CC(F)(F)C2.CC(C)(C)N1CC2CC(C2)C1.CC(C)(C)N1CC2CC1C2.CC(C)(C)N1CC2CC2C1.CC(C)(C)N1CC2CCC1C2.CC(C)(C)N1CC2CCC1CC2.CC(C)(C)N1CCC2(CC1)CC2.CC(C)(C)N1CCC2(CC1)CC2(F)F.CC(C)(C)N1CCC2(CC2)C1.CC(C)(C)N1CCC2(CCCC2)C1.CC1(F)C2CN(C(C)(C)C)CC21.CC1CN(C(C)(C)C)C1. The Morgan fingerprint density at radius 3 is 0.779 bits per heavy atom. The molecule has 10 bridgehead atoms. The van der Waals surface area contributed by atoms with Crippen molar-refractivity contribution in [1.82, 2.24) is 63.7 Å². The van der Waals surface area contributed by atoms with Gasteiger partial charge >= 0.3 is 0 Å². The normalized spacial score (nSPS) is 34.8. The molecule has 11 aliphatic carbocycles. The molecule has 11 saturated carbocycles. The molecule has 0 amide bonds. The second-order valence-corrected chi connectivity index (χ2v) is 68.8. The molecule has 28 rings (SSSR count). The van der Waals surface area contributed by atoms with Crippen LogP contribution in [0.15, 0.2) is 0 Å². The lowest BCUT2D eigenvalue weighted by molar-refractivity contribution is -0.227. The van der Waals surface area contributed by atoms with E-state index in [0.717, 1.165) is 133 Å². The van der Waals surface area contributed by atoms with Crippen molar-refractivity contribution >= 4 is 0 Å². The zero-order valence-electron chi connectivity index (χ0n) is 106. The number of alkyl halides is 5. The van der Waals surface area contributed by atoms with Crippen LogP contribution in [0.4, 0.5) is 22.0 Å². The topological polar surface area (TPSA) is 42.1 Å². The maximum atomic E-state index is 13.4. The molecule has 28 fully saturated rings. The first-order chi connectivity index (χ1) is 67.8. The predicted octanol–water partition coefficient (Wildman–Crippen LogP) is 30.3. The van der Waals surface area contributed by atoms with Gasteiger partial charge in [-0.25, -0.2) is 22.0 Å². The Labute approximate surface area is 919 Å². The molecule has 0 aromatic carbocycles. The van der Waals surface area contributed by atoms with Crippen LogP contribution in [-0.4, -0.2) is 321 Å². The van der Waals surface area contributed by atoms with Gasteiger partial charge in [0, 0.05) is 242 Å². The monoisotopic (exact) mass is 2100 g/mol. The van der Waals surface area contributed by atoms with E-state index in [9.17, 15) is 22.0 Å². The molecule has 870 valence electrons. The highest BCUT2D eigenvalue weighted by Crippen LogP contribution is 2.67. The lowest BCUT2D eigenvalue weighted by atomic mass is 9.60. The van der Waals surface area contributed by atoms with Gasteiger partial charge in [-0.15, -0.1) is 0 Å². The number of hydrogen-bond donors (Lipinski definition) is 0. The summed E-state index contributed by atoms with van der Waals surface area (Å²) in [7, 11) is 0. The summed E-state index contributed by atoms with van der Waals surface area (Å²) in [6, 6.07) is 4.65. The average molecular weight is 2100 g/mol. The average Bonchev–Trinajstić information content (AvgIpc) is 1.64. The Morgan fingerprint density at radius 1 is 0.221 bits per heavy atom. The molecule has 0 aromatic heterocycles. The molecule has 0 radical (unpaired) electrons. The zero-order chi connectivity index (χ0) is 111. The molecule has 13 nitrogen and oxygen atoms in total. The van der Waals surface area contributed by atoms with E-state index in [1.165, 1.54) is 278 Å². The number of hydrogen-bond acceptors (Lipinski definition) is 13. The van der Waals surface area contributed by atoms with Crippen LogP contribution >= 0.6 is 0 Å². The summed E-state index contributed by atoms with van der Waals surface area (Å²) in [6.45, 7) is 119. The van der Waals surface area contributed by atoms with Crippen molar-refractivity contribution in [2.45, 2.75) is 615 Å². The van der Waals surface area contributed by atoms with Crippen molar-refractivity contribution in [2.75, 3.05) is 137 Å². The summed E-state index contributed by atoms with van der Waals surface area (Å²) < 4.78 is 64.9. The molecule has 6 unspecified atom stereocenters. The molecule has 0 N–H and O–H groups in total. The minimum Gasteiger partial charge on any atom is -0.298 e. The number of piperidine rings is 9. The van der Waals surface area contributed by atoms with Crippen LogP contribution in [0, 0.1) is 86.3 Å². The van der Waals surface area contributed by atoms with Crippen LogP contribution < -0.4 is 0 Å². The third kappa shape index (κ3) is 33.1.